The van der Waals surface area contributed by atoms with E-state index in [1.165, 1.54) is 4.90 Å². The van der Waals surface area contributed by atoms with Gasteiger partial charge in [0.05, 0.1) is 6.61 Å². The summed E-state index contributed by atoms with van der Waals surface area (Å²) in [5.74, 6) is 0.532. The third-order valence-corrected chi connectivity index (χ3v) is 5.26. The second kappa shape index (κ2) is 7.41. The Labute approximate surface area is 152 Å². The number of carbonyl (C=O) groups is 1. The van der Waals surface area contributed by atoms with Crippen LogP contribution in [0.15, 0.2) is 23.3 Å². The predicted molar refractivity (Wildman–Crippen MR) is 96.4 cm³/mol. The molecule has 1 amide bonds. The third kappa shape index (κ3) is 3.70. The van der Waals surface area contributed by atoms with E-state index in [2.05, 4.69) is 12.0 Å². The number of hydrazone groups is 1. The molecule has 2 atom stereocenters. The molecular formula is C18H24N4O4. The van der Waals surface area contributed by atoms with Crippen LogP contribution in [-0.2, 0) is 4.74 Å². The fourth-order valence-corrected chi connectivity index (χ4v) is 3.40. The molecule has 2 saturated heterocycles. The van der Waals surface area contributed by atoms with Gasteiger partial charge in [0, 0.05) is 37.7 Å². The first-order chi connectivity index (χ1) is 12.4. The van der Waals surface area contributed by atoms with Crippen molar-refractivity contribution in [1.82, 2.24) is 9.80 Å². The number of hydrogen-bond acceptors (Lipinski definition) is 4. The summed E-state index contributed by atoms with van der Waals surface area (Å²) in [6.45, 7) is 8.88. The maximum absolute atomic E-state index is 12.9. The molecule has 2 aliphatic heterocycles. The van der Waals surface area contributed by atoms with E-state index >= 15 is 0 Å². The monoisotopic (exact) mass is 360 g/mol. The van der Waals surface area contributed by atoms with Crippen LogP contribution in [0, 0.1) is 35.8 Å². The minimum atomic E-state index is -0.733. The number of aryl methyl sites for hydroxylation is 2. The first-order valence-corrected chi connectivity index (χ1v) is 8.81. The van der Waals surface area contributed by atoms with Gasteiger partial charge in [0.15, 0.2) is 5.03 Å². The zero-order valence-electron chi connectivity index (χ0n) is 15.3. The topological polar surface area (TPSA) is 88.3 Å². The molecule has 8 nitrogen and oxygen atoms in total. The van der Waals surface area contributed by atoms with Gasteiger partial charge in [-0.2, -0.15) is 0 Å². The van der Waals surface area contributed by atoms with Gasteiger partial charge in [0.2, 0.25) is 0 Å². The molecule has 0 aromatic heterocycles. The summed E-state index contributed by atoms with van der Waals surface area (Å²) in [6, 6.07) is 5.46. The number of rotatable bonds is 4. The van der Waals surface area contributed by atoms with Crippen molar-refractivity contribution in [1.29, 1.82) is 0 Å². The average Bonchev–Trinajstić information content (AvgIpc) is 3.16. The lowest BCUT2D eigenvalue weighted by atomic mass is 9.98. The lowest BCUT2D eigenvalue weighted by molar-refractivity contribution is -0.486. The maximum atomic E-state index is 12.9. The van der Waals surface area contributed by atoms with Crippen molar-refractivity contribution in [3.05, 3.63) is 45.0 Å². The van der Waals surface area contributed by atoms with Crippen LogP contribution in [0.1, 0.15) is 28.4 Å². The molecule has 2 fully saturated rings. The van der Waals surface area contributed by atoms with Gasteiger partial charge < -0.3 is 9.64 Å². The summed E-state index contributed by atoms with van der Waals surface area (Å²) in [5, 5.41) is 13.8. The smallest absolute Gasteiger partial charge is 0.281 e. The highest BCUT2D eigenvalue weighted by atomic mass is 16.7. The van der Waals surface area contributed by atoms with Crippen molar-refractivity contribution in [2.45, 2.75) is 20.8 Å². The minimum absolute atomic E-state index is 0.123. The molecule has 0 radical (unpaired) electrons. The summed E-state index contributed by atoms with van der Waals surface area (Å²) in [5.41, 5.74) is 2.62. The Kier molecular flexibility index (Phi) is 5.22. The van der Waals surface area contributed by atoms with Gasteiger partial charge in [-0.1, -0.05) is 13.0 Å². The Morgan fingerprint density at radius 3 is 2.69 bits per heavy atom. The Hall–Kier alpha value is -2.48. The molecule has 8 heteroatoms. The number of nitro groups is 1. The SMILES string of the molecule is Cc1ccc(C(=O)N2CCN(CC3COCC3C)C2=N[N+](=O)[O-])cc1C. The highest BCUT2D eigenvalue weighted by Crippen LogP contribution is 2.24. The predicted octanol–water partition coefficient (Wildman–Crippen LogP) is 1.89. The fourth-order valence-electron chi connectivity index (χ4n) is 3.40. The van der Waals surface area contributed by atoms with Gasteiger partial charge in [0.25, 0.3) is 11.9 Å². The summed E-state index contributed by atoms with van der Waals surface area (Å²) in [6.07, 6.45) is 0. The van der Waals surface area contributed by atoms with Crippen molar-refractivity contribution in [3.8, 4) is 0 Å². The molecule has 0 bridgehead atoms. The first kappa shape index (κ1) is 18.3. The molecule has 2 heterocycles. The lowest BCUT2D eigenvalue weighted by Crippen LogP contribution is -2.41. The highest BCUT2D eigenvalue weighted by molar-refractivity contribution is 6.06. The van der Waals surface area contributed by atoms with Gasteiger partial charge in [0.1, 0.15) is 5.10 Å². The summed E-state index contributed by atoms with van der Waals surface area (Å²) < 4.78 is 5.48. The van der Waals surface area contributed by atoms with Crippen molar-refractivity contribution in [3.63, 3.8) is 0 Å². The summed E-state index contributed by atoms with van der Waals surface area (Å²) in [7, 11) is 0. The van der Waals surface area contributed by atoms with Crippen molar-refractivity contribution >= 4 is 11.9 Å². The van der Waals surface area contributed by atoms with Gasteiger partial charge in [-0.3, -0.25) is 9.69 Å². The van der Waals surface area contributed by atoms with E-state index in [1.54, 1.807) is 6.07 Å². The molecule has 1 aromatic rings. The number of nitrogens with zero attached hydrogens (tertiary/aromatic N) is 4. The quantitative estimate of drug-likeness (QED) is 0.604. The largest absolute Gasteiger partial charge is 0.381 e. The number of guanidine groups is 1. The minimum Gasteiger partial charge on any atom is -0.381 e. The molecular weight excluding hydrogens is 336 g/mol. The van der Waals surface area contributed by atoms with Crippen LogP contribution in [0.25, 0.3) is 0 Å². The standard InChI is InChI=1S/C18H24N4O4/c1-12-4-5-15(8-13(12)2)17(23)21-7-6-20(18(21)19-22(24)25)9-16-11-26-10-14(16)3/h4-5,8,14,16H,6-7,9-11H2,1-3H3. The first-order valence-electron chi connectivity index (χ1n) is 8.81. The average molecular weight is 360 g/mol. The van der Waals surface area contributed by atoms with E-state index in [4.69, 9.17) is 4.74 Å². The number of ether oxygens (including phenoxy) is 1. The zero-order valence-corrected chi connectivity index (χ0v) is 15.3. The van der Waals surface area contributed by atoms with Crippen molar-refractivity contribution in [2.24, 2.45) is 16.9 Å². The van der Waals surface area contributed by atoms with Crippen LogP contribution in [0.3, 0.4) is 0 Å². The lowest BCUT2D eigenvalue weighted by Gasteiger charge is -2.23. The number of carbonyl (C=O) groups excluding carboxylic acids is 1. The third-order valence-electron chi connectivity index (χ3n) is 5.26. The van der Waals surface area contributed by atoms with Crippen LogP contribution in [0.5, 0.6) is 0 Å². The Bertz CT molecular complexity index is 749. The molecule has 3 rings (SSSR count). The molecule has 0 saturated carbocycles. The van der Waals surface area contributed by atoms with Crippen LogP contribution in [-0.4, -0.2) is 59.5 Å². The molecule has 26 heavy (non-hydrogen) atoms. The second-order valence-corrected chi connectivity index (χ2v) is 7.11. The maximum Gasteiger partial charge on any atom is 0.281 e. The van der Waals surface area contributed by atoms with Crippen molar-refractivity contribution < 1.29 is 14.6 Å². The molecule has 2 unspecified atom stereocenters. The zero-order chi connectivity index (χ0) is 18.8. The Morgan fingerprint density at radius 1 is 1.31 bits per heavy atom. The molecule has 2 aliphatic rings. The van der Waals surface area contributed by atoms with Gasteiger partial charge >= 0.3 is 0 Å². The molecule has 140 valence electrons. The van der Waals surface area contributed by atoms with Crippen LogP contribution in [0.4, 0.5) is 0 Å². The number of amides is 1. The van der Waals surface area contributed by atoms with E-state index in [1.807, 2.05) is 30.9 Å². The molecule has 0 spiro atoms. The fraction of sp³-hybridized carbons (Fsp3) is 0.556. The Morgan fingerprint density at radius 2 is 2.08 bits per heavy atom. The second-order valence-electron chi connectivity index (χ2n) is 7.11. The van der Waals surface area contributed by atoms with E-state index in [9.17, 15) is 14.9 Å². The van der Waals surface area contributed by atoms with E-state index < -0.39 is 5.03 Å². The summed E-state index contributed by atoms with van der Waals surface area (Å²) >= 11 is 0. The van der Waals surface area contributed by atoms with Crippen LogP contribution >= 0.6 is 0 Å². The normalized spacial score (nSPS) is 24.5. The van der Waals surface area contributed by atoms with Gasteiger partial charge in [-0.15, -0.1) is 0 Å². The van der Waals surface area contributed by atoms with Gasteiger partial charge in [-0.05, 0) is 43.0 Å². The molecule has 0 N–H and O–H groups in total. The van der Waals surface area contributed by atoms with Gasteiger partial charge in [-0.25, -0.2) is 10.1 Å². The van der Waals surface area contributed by atoms with E-state index in [0.717, 1.165) is 11.1 Å². The highest BCUT2D eigenvalue weighted by Gasteiger charge is 2.37. The van der Waals surface area contributed by atoms with E-state index in [-0.39, 0.29) is 17.8 Å². The molecule has 1 aromatic carbocycles. The van der Waals surface area contributed by atoms with Crippen LogP contribution in [0.2, 0.25) is 0 Å². The van der Waals surface area contributed by atoms with E-state index in [0.29, 0.717) is 44.3 Å². The van der Waals surface area contributed by atoms with Crippen LogP contribution < -0.4 is 0 Å². The number of benzene rings is 1. The Balaban J connectivity index is 1.83. The molecule has 0 aliphatic carbocycles. The number of hydrogen-bond donors (Lipinski definition) is 0. The summed E-state index contributed by atoms with van der Waals surface area (Å²) in [4.78, 5) is 27.2. The van der Waals surface area contributed by atoms with Crippen molar-refractivity contribution in [2.75, 3.05) is 32.8 Å².